The van der Waals surface area contributed by atoms with Gasteiger partial charge in [-0.3, -0.25) is 20.4 Å². The Balaban J connectivity index is 1.31. The average molecular weight is 392 g/mol. The van der Waals surface area contributed by atoms with Gasteiger partial charge in [0.1, 0.15) is 0 Å². The Morgan fingerprint density at radius 3 is 2.50 bits per heavy atom. The number of rotatable bonds is 5. The molecule has 0 saturated heterocycles. The lowest BCUT2D eigenvalue weighted by Crippen LogP contribution is -2.41. The van der Waals surface area contributed by atoms with Crippen molar-refractivity contribution in [3.8, 4) is 0 Å². The van der Waals surface area contributed by atoms with Crippen LogP contribution in [0.2, 0.25) is 0 Å². The minimum Gasteiger partial charge on any atom is -0.459 e. The normalized spacial score (nSPS) is 10.7. The van der Waals surface area contributed by atoms with Crippen molar-refractivity contribution in [1.29, 1.82) is 0 Å². The summed E-state index contributed by atoms with van der Waals surface area (Å²) >= 11 is 1.59. The number of hydrogen-bond donors (Lipinski definition) is 3. The second kappa shape index (κ2) is 8.01. The highest BCUT2D eigenvalue weighted by molar-refractivity contribution is 7.98. The van der Waals surface area contributed by atoms with Crippen molar-refractivity contribution in [3.05, 3.63) is 83.8 Å². The van der Waals surface area contributed by atoms with Gasteiger partial charge in [0.15, 0.2) is 10.9 Å². The molecule has 0 aliphatic rings. The number of carbonyl (C=O) groups excluding carboxylic acids is 2. The van der Waals surface area contributed by atoms with Gasteiger partial charge in [-0.05, 0) is 42.0 Å². The smallest absolute Gasteiger partial charge is 0.305 e. The molecular formula is C20H16N4O3S. The van der Waals surface area contributed by atoms with E-state index in [1.165, 1.54) is 12.3 Å². The predicted octanol–water partition coefficient (Wildman–Crippen LogP) is 3.52. The van der Waals surface area contributed by atoms with Crippen molar-refractivity contribution in [2.45, 2.75) is 10.9 Å². The topological polar surface area (TPSA) is 100 Å². The number of aromatic nitrogens is 2. The van der Waals surface area contributed by atoms with Gasteiger partial charge in [0.2, 0.25) is 0 Å². The monoisotopic (exact) mass is 392 g/mol. The minimum atomic E-state index is -0.516. The summed E-state index contributed by atoms with van der Waals surface area (Å²) in [5, 5.41) is 0.851. The van der Waals surface area contributed by atoms with Crippen LogP contribution in [0, 0.1) is 0 Å². The molecule has 2 amide bonds. The highest BCUT2D eigenvalue weighted by atomic mass is 32.2. The van der Waals surface area contributed by atoms with Crippen molar-refractivity contribution in [3.63, 3.8) is 0 Å². The number of aromatic amines is 1. The maximum atomic E-state index is 12.1. The van der Waals surface area contributed by atoms with E-state index in [-0.39, 0.29) is 5.76 Å². The number of furan rings is 1. The summed E-state index contributed by atoms with van der Waals surface area (Å²) in [6.07, 6.45) is 1.39. The Bertz CT molecular complexity index is 1070. The molecule has 0 atom stereocenters. The first-order valence-corrected chi connectivity index (χ1v) is 9.48. The molecule has 0 fully saturated rings. The summed E-state index contributed by atoms with van der Waals surface area (Å²) in [5.41, 5.74) is 8.11. The summed E-state index contributed by atoms with van der Waals surface area (Å²) < 4.78 is 4.96. The van der Waals surface area contributed by atoms with Gasteiger partial charge in [0, 0.05) is 11.3 Å². The van der Waals surface area contributed by atoms with Crippen LogP contribution in [0.4, 0.5) is 0 Å². The SMILES string of the molecule is O=C(NNC(=O)c1ccco1)c1ccc(CSc2nc3ccccc3[nH]2)cc1. The van der Waals surface area contributed by atoms with Crippen LogP contribution < -0.4 is 10.9 Å². The second-order valence-electron chi connectivity index (χ2n) is 5.93. The second-order valence-corrected chi connectivity index (χ2v) is 6.89. The van der Waals surface area contributed by atoms with Gasteiger partial charge in [0.25, 0.3) is 5.91 Å². The van der Waals surface area contributed by atoms with Crippen LogP contribution in [0.15, 0.2) is 76.5 Å². The molecule has 2 aromatic heterocycles. The number of imidazole rings is 1. The number of H-pyrrole nitrogens is 1. The molecule has 0 spiro atoms. The fourth-order valence-electron chi connectivity index (χ4n) is 2.56. The minimum absolute atomic E-state index is 0.123. The van der Waals surface area contributed by atoms with E-state index >= 15 is 0 Å². The number of benzene rings is 2. The lowest BCUT2D eigenvalue weighted by atomic mass is 10.1. The first-order valence-electron chi connectivity index (χ1n) is 8.50. The number of thioether (sulfide) groups is 1. The molecular weight excluding hydrogens is 376 g/mol. The Labute approximate surface area is 164 Å². The Morgan fingerprint density at radius 2 is 1.75 bits per heavy atom. The van der Waals surface area contributed by atoms with Crippen molar-refractivity contribution in [2.24, 2.45) is 0 Å². The highest BCUT2D eigenvalue weighted by Gasteiger charge is 2.11. The van der Waals surface area contributed by atoms with Gasteiger partial charge >= 0.3 is 5.91 Å². The first kappa shape index (κ1) is 17.9. The molecule has 0 aliphatic heterocycles. The number of hydrogen-bond acceptors (Lipinski definition) is 5. The van der Waals surface area contributed by atoms with Crippen molar-refractivity contribution in [1.82, 2.24) is 20.8 Å². The van der Waals surface area contributed by atoms with Crippen LogP contribution >= 0.6 is 11.8 Å². The van der Waals surface area contributed by atoms with Crippen LogP contribution in [-0.2, 0) is 5.75 Å². The maximum Gasteiger partial charge on any atom is 0.305 e. The van der Waals surface area contributed by atoms with E-state index in [2.05, 4.69) is 20.8 Å². The summed E-state index contributed by atoms with van der Waals surface area (Å²) in [4.78, 5) is 31.7. The van der Waals surface area contributed by atoms with Gasteiger partial charge in [0.05, 0.1) is 17.3 Å². The summed E-state index contributed by atoms with van der Waals surface area (Å²) in [5.74, 6) is -0.0800. The van der Waals surface area contributed by atoms with E-state index in [1.807, 2.05) is 36.4 Å². The third-order valence-electron chi connectivity index (χ3n) is 3.99. The molecule has 2 aromatic carbocycles. The van der Waals surface area contributed by atoms with Crippen LogP contribution in [-0.4, -0.2) is 21.8 Å². The molecule has 2 heterocycles. The molecule has 0 saturated carbocycles. The molecule has 0 unspecified atom stereocenters. The number of amides is 2. The number of fused-ring (bicyclic) bond motifs is 1. The van der Waals surface area contributed by atoms with Crippen LogP contribution in [0.3, 0.4) is 0 Å². The zero-order valence-corrected chi connectivity index (χ0v) is 15.5. The number of carbonyl (C=O) groups is 2. The predicted molar refractivity (Wildman–Crippen MR) is 106 cm³/mol. The quantitative estimate of drug-likeness (QED) is 0.356. The van der Waals surface area contributed by atoms with E-state index < -0.39 is 11.8 Å². The van der Waals surface area contributed by atoms with E-state index in [0.717, 1.165) is 27.5 Å². The highest BCUT2D eigenvalue weighted by Crippen LogP contribution is 2.23. The zero-order valence-electron chi connectivity index (χ0n) is 14.6. The Kier molecular flexibility index (Phi) is 5.11. The number of hydrazine groups is 1. The molecule has 0 radical (unpaired) electrons. The van der Waals surface area contributed by atoms with Gasteiger partial charge in [-0.2, -0.15) is 0 Å². The molecule has 4 rings (SSSR count). The van der Waals surface area contributed by atoms with E-state index in [9.17, 15) is 9.59 Å². The van der Waals surface area contributed by atoms with Crippen molar-refractivity contribution in [2.75, 3.05) is 0 Å². The molecule has 0 bridgehead atoms. The molecule has 8 heteroatoms. The van der Waals surface area contributed by atoms with Crippen molar-refractivity contribution < 1.29 is 14.0 Å². The number of nitrogens with one attached hydrogen (secondary N) is 3. The van der Waals surface area contributed by atoms with Crippen LogP contribution in [0.1, 0.15) is 26.5 Å². The number of nitrogens with zero attached hydrogens (tertiary/aromatic N) is 1. The van der Waals surface area contributed by atoms with Crippen LogP contribution in [0.25, 0.3) is 11.0 Å². The molecule has 140 valence electrons. The molecule has 28 heavy (non-hydrogen) atoms. The fourth-order valence-corrected chi connectivity index (χ4v) is 3.40. The van der Waals surface area contributed by atoms with E-state index in [1.54, 1.807) is 30.0 Å². The van der Waals surface area contributed by atoms with Crippen molar-refractivity contribution >= 4 is 34.6 Å². The third-order valence-corrected chi connectivity index (χ3v) is 4.94. The number of para-hydroxylation sites is 2. The molecule has 0 aliphatic carbocycles. The van der Waals surface area contributed by atoms with E-state index in [0.29, 0.717) is 5.56 Å². The first-order chi connectivity index (χ1) is 13.7. The van der Waals surface area contributed by atoms with Crippen LogP contribution in [0.5, 0.6) is 0 Å². The Hall–Kier alpha value is -3.52. The summed E-state index contributed by atoms with van der Waals surface area (Å²) in [7, 11) is 0. The van der Waals surface area contributed by atoms with E-state index in [4.69, 9.17) is 4.42 Å². The lowest BCUT2D eigenvalue weighted by molar-refractivity contribution is 0.0831. The lowest BCUT2D eigenvalue weighted by Gasteiger charge is -2.06. The van der Waals surface area contributed by atoms with Gasteiger partial charge < -0.3 is 9.40 Å². The van der Waals surface area contributed by atoms with Gasteiger partial charge in [-0.15, -0.1) is 0 Å². The van der Waals surface area contributed by atoms with Gasteiger partial charge in [-0.25, -0.2) is 4.98 Å². The molecule has 3 N–H and O–H groups in total. The summed E-state index contributed by atoms with van der Waals surface area (Å²) in [6, 6.07) is 18.2. The fraction of sp³-hybridized carbons (Fsp3) is 0.0500. The van der Waals surface area contributed by atoms with Gasteiger partial charge in [-0.1, -0.05) is 36.0 Å². The molecule has 4 aromatic rings. The Morgan fingerprint density at radius 1 is 0.964 bits per heavy atom. The largest absolute Gasteiger partial charge is 0.459 e. The molecule has 7 nitrogen and oxygen atoms in total. The standard InChI is InChI=1S/C20H16N4O3S/c25-18(23-24-19(26)17-6-3-11-27-17)14-9-7-13(8-10-14)12-28-20-21-15-4-1-2-5-16(15)22-20/h1-11H,12H2,(H,21,22)(H,23,25)(H,24,26). The maximum absolute atomic E-state index is 12.1. The zero-order chi connectivity index (χ0) is 19.3. The third kappa shape index (κ3) is 4.07. The average Bonchev–Trinajstić information content (AvgIpc) is 3.40. The summed E-state index contributed by atoms with van der Waals surface area (Å²) in [6.45, 7) is 0.